The number of carbonyl (C=O) groups excluding carboxylic acids is 1. The van der Waals surface area contributed by atoms with Crippen LogP contribution < -0.4 is 5.73 Å². The van der Waals surface area contributed by atoms with E-state index in [2.05, 4.69) is 0 Å². The molecule has 0 saturated carbocycles. The highest BCUT2D eigenvalue weighted by molar-refractivity contribution is 5.75. The van der Waals surface area contributed by atoms with Crippen molar-refractivity contribution in [2.24, 2.45) is 5.73 Å². The van der Waals surface area contributed by atoms with E-state index in [9.17, 15) is 4.79 Å². The van der Waals surface area contributed by atoms with Crippen LogP contribution in [0.3, 0.4) is 0 Å². The van der Waals surface area contributed by atoms with Gasteiger partial charge < -0.3 is 10.5 Å². The van der Waals surface area contributed by atoms with E-state index in [1.165, 1.54) is 0 Å². The molecule has 0 spiro atoms. The van der Waals surface area contributed by atoms with E-state index in [4.69, 9.17) is 10.5 Å². The van der Waals surface area contributed by atoms with Gasteiger partial charge in [0.2, 0.25) is 0 Å². The molecular formula is C9H19NO2. The summed E-state index contributed by atoms with van der Waals surface area (Å²) in [4.78, 5) is 11.2. The minimum atomic E-state index is -0.441. The molecule has 0 aromatic rings. The van der Waals surface area contributed by atoms with E-state index < -0.39 is 6.04 Å². The third kappa shape index (κ3) is 4.34. The van der Waals surface area contributed by atoms with Gasteiger partial charge in [-0.15, -0.1) is 0 Å². The summed E-state index contributed by atoms with van der Waals surface area (Å²) >= 11 is 0. The van der Waals surface area contributed by atoms with Crippen LogP contribution in [0.4, 0.5) is 0 Å². The summed E-state index contributed by atoms with van der Waals surface area (Å²) in [6.07, 6.45) is 2.44. The zero-order valence-corrected chi connectivity index (χ0v) is 8.17. The molecule has 0 aliphatic heterocycles. The summed E-state index contributed by atoms with van der Waals surface area (Å²) in [6.45, 7) is 5.84. The molecule has 2 N–H and O–H groups in total. The predicted molar refractivity (Wildman–Crippen MR) is 48.7 cm³/mol. The number of nitrogens with two attached hydrogens (primary N) is 1. The topological polar surface area (TPSA) is 52.3 Å². The molecule has 0 aliphatic rings. The number of hydrogen-bond acceptors (Lipinski definition) is 3. The van der Waals surface area contributed by atoms with Crippen molar-refractivity contribution in [3.05, 3.63) is 0 Å². The van der Waals surface area contributed by atoms with E-state index in [1.807, 2.05) is 20.8 Å². The fourth-order valence-electron chi connectivity index (χ4n) is 0.798. The van der Waals surface area contributed by atoms with Crippen molar-refractivity contribution < 1.29 is 9.53 Å². The van der Waals surface area contributed by atoms with Gasteiger partial charge in [0, 0.05) is 0 Å². The minimum absolute atomic E-state index is 0.0135. The van der Waals surface area contributed by atoms with Crippen LogP contribution in [0.2, 0.25) is 0 Å². The van der Waals surface area contributed by atoms with Gasteiger partial charge in [0.05, 0.1) is 6.10 Å². The van der Waals surface area contributed by atoms with Gasteiger partial charge in [-0.3, -0.25) is 4.79 Å². The zero-order chi connectivity index (χ0) is 9.56. The second-order valence-corrected chi connectivity index (χ2v) is 3.05. The van der Waals surface area contributed by atoms with Gasteiger partial charge in [-0.25, -0.2) is 0 Å². The number of esters is 1. The highest BCUT2D eigenvalue weighted by atomic mass is 16.5. The van der Waals surface area contributed by atoms with Crippen LogP contribution >= 0.6 is 0 Å². The highest BCUT2D eigenvalue weighted by Gasteiger charge is 2.15. The largest absolute Gasteiger partial charge is 0.462 e. The lowest BCUT2D eigenvalue weighted by Gasteiger charge is -2.14. The minimum Gasteiger partial charge on any atom is -0.462 e. The first kappa shape index (κ1) is 11.4. The predicted octanol–water partition coefficient (Wildman–Crippen LogP) is 1.46. The molecule has 2 atom stereocenters. The van der Waals surface area contributed by atoms with Gasteiger partial charge in [0.15, 0.2) is 0 Å². The van der Waals surface area contributed by atoms with Crippen molar-refractivity contribution in [3.63, 3.8) is 0 Å². The van der Waals surface area contributed by atoms with Crippen molar-refractivity contribution in [2.75, 3.05) is 0 Å². The first-order valence-corrected chi connectivity index (χ1v) is 4.57. The Labute approximate surface area is 74.3 Å². The van der Waals surface area contributed by atoms with E-state index >= 15 is 0 Å². The first-order valence-electron chi connectivity index (χ1n) is 4.57. The lowest BCUT2D eigenvalue weighted by Crippen LogP contribution is -2.34. The molecule has 0 unspecified atom stereocenters. The molecule has 0 heterocycles. The Morgan fingerprint density at radius 1 is 1.50 bits per heavy atom. The van der Waals surface area contributed by atoms with Crippen molar-refractivity contribution in [3.8, 4) is 0 Å². The maximum Gasteiger partial charge on any atom is 0.323 e. The maximum atomic E-state index is 11.2. The summed E-state index contributed by atoms with van der Waals surface area (Å²) in [6, 6.07) is -0.441. The molecule has 0 saturated heterocycles. The lowest BCUT2D eigenvalue weighted by molar-refractivity contribution is -0.150. The fraction of sp³-hybridized carbons (Fsp3) is 0.889. The Hall–Kier alpha value is -0.570. The van der Waals surface area contributed by atoms with Crippen LogP contribution in [0.5, 0.6) is 0 Å². The summed E-state index contributed by atoms with van der Waals surface area (Å²) in [7, 11) is 0. The standard InChI is InChI=1S/C9H19NO2/c1-4-6-8(10)9(11)12-7(3)5-2/h7-8H,4-6,10H2,1-3H3/t7-,8+/m1/s1. The molecule has 0 aromatic heterocycles. The second-order valence-electron chi connectivity index (χ2n) is 3.05. The molecular weight excluding hydrogens is 154 g/mol. The van der Waals surface area contributed by atoms with Gasteiger partial charge in [0.1, 0.15) is 6.04 Å². The van der Waals surface area contributed by atoms with E-state index in [0.29, 0.717) is 6.42 Å². The molecule has 0 rings (SSSR count). The summed E-state index contributed by atoms with van der Waals surface area (Å²) in [5, 5.41) is 0. The van der Waals surface area contributed by atoms with Crippen LogP contribution in [0.25, 0.3) is 0 Å². The molecule has 0 aliphatic carbocycles. The van der Waals surface area contributed by atoms with E-state index in [1.54, 1.807) is 0 Å². The van der Waals surface area contributed by atoms with E-state index in [0.717, 1.165) is 12.8 Å². The average molecular weight is 173 g/mol. The maximum absolute atomic E-state index is 11.2. The van der Waals surface area contributed by atoms with Crippen LogP contribution in [-0.4, -0.2) is 18.1 Å². The third-order valence-electron chi connectivity index (χ3n) is 1.79. The number of hydrogen-bond donors (Lipinski definition) is 1. The molecule has 0 fully saturated rings. The number of ether oxygens (including phenoxy) is 1. The molecule has 3 heteroatoms. The van der Waals surface area contributed by atoms with Crippen LogP contribution in [-0.2, 0) is 9.53 Å². The van der Waals surface area contributed by atoms with Crippen molar-refractivity contribution >= 4 is 5.97 Å². The van der Waals surface area contributed by atoms with Crippen LogP contribution in [0.15, 0.2) is 0 Å². The Morgan fingerprint density at radius 2 is 2.08 bits per heavy atom. The van der Waals surface area contributed by atoms with Crippen molar-refractivity contribution in [2.45, 2.75) is 52.2 Å². The zero-order valence-electron chi connectivity index (χ0n) is 8.17. The number of rotatable bonds is 5. The van der Waals surface area contributed by atoms with Gasteiger partial charge in [-0.2, -0.15) is 0 Å². The Bertz CT molecular complexity index is 136. The molecule has 72 valence electrons. The van der Waals surface area contributed by atoms with Gasteiger partial charge in [-0.1, -0.05) is 20.3 Å². The van der Waals surface area contributed by atoms with Gasteiger partial charge in [-0.05, 0) is 19.8 Å². The second kappa shape index (κ2) is 6.00. The summed E-state index contributed by atoms with van der Waals surface area (Å²) in [5.74, 6) is -0.272. The lowest BCUT2D eigenvalue weighted by atomic mass is 10.2. The SMILES string of the molecule is CCC[C@H](N)C(=O)O[C@H](C)CC. The monoisotopic (exact) mass is 173 g/mol. The Morgan fingerprint density at radius 3 is 2.50 bits per heavy atom. The summed E-state index contributed by atoms with van der Waals surface area (Å²) < 4.78 is 5.05. The van der Waals surface area contributed by atoms with Gasteiger partial charge >= 0.3 is 5.97 Å². The third-order valence-corrected chi connectivity index (χ3v) is 1.79. The molecule has 0 amide bonds. The normalized spacial score (nSPS) is 15.3. The van der Waals surface area contributed by atoms with Crippen LogP contribution in [0, 0.1) is 0 Å². The first-order chi connectivity index (χ1) is 5.61. The Balaban J connectivity index is 3.70. The number of carbonyl (C=O) groups is 1. The quantitative estimate of drug-likeness (QED) is 0.640. The van der Waals surface area contributed by atoms with Crippen LogP contribution in [0.1, 0.15) is 40.0 Å². The molecule has 0 bridgehead atoms. The molecule has 0 aromatic carbocycles. The molecule has 12 heavy (non-hydrogen) atoms. The van der Waals surface area contributed by atoms with E-state index in [-0.39, 0.29) is 12.1 Å². The van der Waals surface area contributed by atoms with Gasteiger partial charge in [0.25, 0.3) is 0 Å². The summed E-state index contributed by atoms with van der Waals surface area (Å²) in [5.41, 5.74) is 5.56. The molecule has 3 nitrogen and oxygen atoms in total. The fourth-order valence-corrected chi connectivity index (χ4v) is 0.798. The highest BCUT2D eigenvalue weighted by Crippen LogP contribution is 2.01. The Kier molecular flexibility index (Phi) is 5.72. The smallest absolute Gasteiger partial charge is 0.323 e. The average Bonchev–Trinajstić information content (AvgIpc) is 2.04. The molecule has 0 radical (unpaired) electrons. The van der Waals surface area contributed by atoms with Crippen molar-refractivity contribution in [1.29, 1.82) is 0 Å². The van der Waals surface area contributed by atoms with Crippen molar-refractivity contribution in [1.82, 2.24) is 0 Å².